The van der Waals surface area contributed by atoms with Crippen LogP contribution in [0.2, 0.25) is 0 Å². The van der Waals surface area contributed by atoms with Gasteiger partial charge in [-0.25, -0.2) is 9.18 Å². The largest absolute Gasteiger partial charge is 0.459 e. The average molecular weight is 286 g/mol. The Morgan fingerprint density at radius 3 is 1.94 bits per heavy atom. The summed E-state index contributed by atoms with van der Waals surface area (Å²) >= 11 is 0. The van der Waals surface area contributed by atoms with Gasteiger partial charge in [0.25, 0.3) is 0 Å². The van der Waals surface area contributed by atoms with Crippen molar-refractivity contribution < 1.29 is 44.7 Å². The zero-order chi connectivity index (χ0) is 14.8. The van der Waals surface area contributed by atoms with E-state index in [1.807, 2.05) is 0 Å². The van der Waals surface area contributed by atoms with Crippen LogP contribution in [0.25, 0.3) is 0 Å². The normalized spacial score (nSPS) is 15.1. The summed E-state index contributed by atoms with van der Waals surface area (Å²) in [7, 11) is 0. The van der Waals surface area contributed by atoms with E-state index in [9.17, 15) is 39.9 Å². The van der Waals surface area contributed by atoms with Gasteiger partial charge in [0.1, 0.15) is 6.61 Å². The number of rotatable bonds is 5. The van der Waals surface area contributed by atoms with Crippen LogP contribution in [-0.2, 0) is 9.53 Å². The van der Waals surface area contributed by atoms with Crippen molar-refractivity contribution in [3.8, 4) is 0 Å². The van der Waals surface area contributed by atoms with Gasteiger partial charge < -0.3 is 4.74 Å². The van der Waals surface area contributed by atoms with Gasteiger partial charge >= 0.3 is 24.0 Å². The highest BCUT2D eigenvalue weighted by molar-refractivity contribution is 5.81. The molecule has 1 atom stereocenters. The van der Waals surface area contributed by atoms with Crippen molar-refractivity contribution in [3.63, 3.8) is 0 Å². The number of ether oxygens (including phenoxy) is 1. The highest BCUT2D eigenvalue weighted by atomic mass is 19.4. The summed E-state index contributed by atoms with van der Waals surface area (Å²) in [6.07, 6.45) is -10.3. The van der Waals surface area contributed by atoms with Crippen LogP contribution in [0.5, 0.6) is 0 Å². The lowest BCUT2D eigenvalue weighted by Crippen LogP contribution is -2.57. The van der Waals surface area contributed by atoms with E-state index in [-0.39, 0.29) is 0 Å². The van der Waals surface area contributed by atoms with E-state index in [1.54, 1.807) is 0 Å². The minimum atomic E-state index is -6.64. The van der Waals surface area contributed by atoms with Crippen molar-refractivity contribution >= 4 is 5.97 Å². The zero-order valence-electron chi connectivity index (χ0n) is 8.41. The molecule has 0 aromatic heterocycles. The molecule has 10 heteroatoms. The molecule has 0 N–H and O–H groups in total. The molecule has 2 nitrogen and oxygen atoms in total. The topological polar surface area (TPSA) is 26.3 Å². The first kappa shape index (κ1) is 16.6. The molecule has 0 aromatic rings. The van der Waals surface area contributed by atoms with Gasteiger partial charge in [0, 0.05) is 6.08 Å². The molecular formula is C8H6F8O2. The molecular weight excluding hydrogens is 280 g/mol. The van der Waals surface area contributed by atoms with Crippen LogP contribution in [0.1, 0.15) is 0 Å². The maximum absolute atomic E-state index is 12.7. The number of halogens is 8. The van der Waals surface area contributed by atoms with Gasteiger partial charge in [0.05, 0.1) is 0 Å². The number of carbonyl (C=O) groups excluding carboxylic acids is 1. The predicted molar refractivity (Wildman–Crippen MR) is 42.0 cm³/mol. The summed E-state index contributed by atoms with van der Waals surface area (Å²) < 4.78 is 101. The molecule has 0 aliphatic heterocycles. The fourth-order valence-electron chi connectivity index (χ4n) is 0.705. The Bertz CT molecular complexity index is 322. The molecule has 0 radical (unpaired) electrons. The summed E-state index contributed by atoms with van der Waals surface area (Å²) in [5.41, 5.74) is 0. The first-order valence-corrected chi connectivity index (χ1v) is 4.13. The molecule has 0 bridgehead atoms. The summed E-state index contributed by atoms with van der Waals surface area (Å²) in [5, 5.41) is 0. The average Bonchev–Trinajstić information content (AvgIpc) is 2.23. The number of hydrogen-bond donors (Lipinski definition) is 0. The molecule has 106 valence electrons. The molecule has 18 heavy (non-hydrogen) atoms. The van der Waals surface area contributed by atoms with E-state index >= 15 is 0 Å². The fourth-order valence-corrected chi connectivity index (χ4v) is 0.705. The van der Waals surface area contributed by atoms with Crippen molar-refractivity contribution in [2.45, 2.75) is 24.2 Å². The Morgan fingerprint density at radius 1 is 1.17 bits per heavy atom. The van der Waals surface area contributed by atoms with E-state index in [1.165, 1.54) is 0 Å². The Hall–Kier alpha value is -1.35. The lowest BCUT2D eigenvalue weighted by molar-refractivity contribution is -0.367. The van der Waals surface area contributed by atoms with Crippen molar-refractivity contribution in [2.24, 2.45) is 0 Å². The molecule has 0 saturated carbocycles. The van der Waals surface area contributed by atoms with Gasteiger partial charge in [0.2, 0.25) is 6.17 Å². The predicted octanol–water partition coefficient (Wildman–Crippen LogP) is 2.89. The van der Waals surface area contributed by atoms with Gasteiger partial charge in [-0.3, -0.25) is 0 Å². The molecule has 0 spiro atoms. The van der Waals surface area contributed by atoms with Crippen LogP contribution in [0.3, 0.4) is 0 Å². The zero-order valence-corrected chi connectivity index (χ0v) is 8.41. The second-order valence-corrected chi connectivity index (χ2v) is 3.00. The molecule has 0 amide bonds. The van der Waals surface area contributed by atoms with Crippen LogP contribution in [0, 0.1) is 0 Å². The van der Waals surface area contributed by atoms with Crippen LogP contribution < -0.4 is 0 Å². The number of carbonyl (C=O) groups is 1. The van der Waals surface area contributed by atoms with Gasteiger partial charge in [-0.1, -0.05) is 6.58 Å². The summed E-state index contributed by atoms with van der Waals surface area (Å²) in [6, 6.07) is 0. The first-order valence-electron chi connectivity index (χ1n) is 4.13. The number of esters is 1. The second kappa shape index (κ2) is 5.11. The fraction of sp³-hybridized carbons (Fsp3) is 0.625. The monoisotopic (exact) mass is 286 g/mol. The third kappa shape index (κ3) is 3.10. The van der Waals surface area contributed by atoms with Crippen LogP contribution in [0.15, 0.2) is 12.7 Å². The van der Waals surface area contributed by atoms with Crippen LogP contribution in [0.4, 0.5) is 35.1 Å². The molecule has 0 saturated heterocycles. The molecule has 0 aliphatic carbocycles. The Balaban J connectivity index is 4.91. The highest BCUT2D eigenvalue weighted by Gasteiger charge is 2.76. The van der Waals surface area contributed by atoms with Crippen molar-refractivity contribution in [3.05, 3.63) is 12.7 Å². The first-order chi connectivity index (χ1) is 7.88. The summed E-state index contributed by atoms with van der Waals surface area (Å²) in [4.78, 5) is 10.3. The minimum absolute atomic E-state index is 0.396. The number of alkyl halides is 8. The minimum Gasteiger partial charge on any atom is -0.459 e. The highest BCUT2D eigenvalue weighted by Crippen LogP contribution is 2.48. The van der Waals surface area contributed by atoms with Crippen molar-refractivity contribution in [1.29, 1.82) is 0 Å². The van der Waals surface area contributed by atoms with E-state index in [4.69, 9.17) is 0 Å². The molecule has 0 fully saturated rings. The standard InChI is InChI=1S/C8H6F8O2/c1-2-5(17)18-3-4(9)6(10,11)7(12,13)8(14,15)16/h2,4H,1,3H2. The van der Waals surface area contributed by atoms with E-state index in [2.05, 4.69) is 11.3 Å². The van der Waals surface area contributed by atoms with Crippen LogP contribution >= 0.6 is 0 Å². The van der Waals surface area contributed by atoms with Crippen molar-refractivity contribution in [1.82, 2.24) is 0 Å². The van der Waals surface area contributed by atoms with Crippen molar-refractivity contribution in [2.75, 3.05) is 6.61 Å². The number of hydrogen-bond acceptors (Lipinski definition) is 2. The second-order valence-electron chi connectivity index (χ2n) is 3.00. The quantitative estimate of drug-likeness (QED) is 0.441. The smallest absolute Gasteiger partial charge is 0.459 e. The SMILES string of the molecule is C=CC(=O)OCC(F)C(F)(F)C(F)(F)C(F)(F)F. The molecule has 0 aromatic carbocycles. The van der Waals surface area contributed by atoms with E-state index in [0.29, 0.717) is 6.08 Å². The summed E-state index contributed by atoms with van der Waals surface area (Å²) in [6.45, 7) is 0.821. The Kier molecular flexibility index (Phi) is 4.72. The van der Waals surface area contributed by atoms with Crippen LogP contribution in [-0.4, -0.2) is 36.8 Å². The summed E-state index contributed by atoms with van der Waals surface area (Å²) in [5.74, 6) is -14.1. The Morgan fingerprint density at radius 2 is 1.61 bits per heavy atom. The Labute approximate surface area is 95.2 Å². The van der Waals surface area contributed by atoms with Gasteiger partial charge in [0.15, 0.2) is 0 Å². The maximum atomic E-state index is 12.7. The third-order valence-electron chi connectivity index (χ3n) is 1.71. The molecule has 0 rings (SSSR count). The maximum Gasteiger partial charge on any atom is 0.459 e. The van der Waals surface area contributed by atoms with Gasteiger partial charge in [-0.2, -0.15) is 30.7 Å². The van der Waals surface area contributed by atoms with Gasteiger partial charge in [-0.15, -0.1) is 0 Å². The lowest BCUT2D eigenvalue weighted by Gasteiger charge is -2.29. The molecule has 0 aliphatic rings. The molecule has 1 unspecified atom stereocenters. The van der Waals surface area contributed by atoms with Gasteiger partial charge in [-0.05, 0) is 0 Å². The molecule has 0 heterocycles. The lowest BCUT2D eigenvalue weighted by atomic mass is 10.1. The van der Waals surface area contributed by atoms with E-state index < -0.39 is 36.8 Å². The third-order valence-corrected chi connectivity index (χ3v) is 1.71. The van der Waals surface area contributed by atoms with E-state index in [0.717, 1.165) is 0 Å².